The van der Waals surface area contributed by atoms with E-state index in [4.69, 9.17) is 0 Å². The maximum Gasteiger partial charge on any atom is 0.273 e. The van der Waals surface area contributed by atoms with Gasteiger partial charge in [0.25, 0.3) is 11.5 Å². The summed E-state index contributed by atoms with van der Waals surface area (Å²) in [7, 11) is 0. The van der Waals surface area contributed by atoms with Crippen LogP contribution in [0.4, 0.5) is 0 Å². The maximum absolute atomic E-state index is 12.3. The number of amides is 1. The molecule has 3 aromatic rings. The van der Waals surface area contributed by atoms with Crippen molar-refractivity contribution < 1.29 is 4.79 Å². The Kier molecular flexibility index (Phi) is 4.93. The predicted octanol–water partition coefficient (Wildman–Crippen LogP) is 0.444. The molecule has 0 aliphatic carbocycles. The molecule has 27 heavy (non-hydrogen) atoms. The van der Waals surface area contributed by atoms with E-state index in [0.29, 0.717) is 22.6 Å². The summed E-state index contributed by atoms with van der Waals surface area (Å²) in [5, 5.41) is 14.6. The molecule has 1 fully saturated rings. The number of aromatic nitrogens is 5. The first-order valence-corrected chi connectivity index (χ1v) is 9.06. The SMILES string of the molecule is O=C(NCc1nc2ccccc2c(=O)[nH]1)c1cn(C[C@H]2CCCNC2)nn1. The molecular weight excluding hydrogens is 346 g/mol. The molecule has 1 aliphatic heterocycles. The van der Waals surface area contributed by atoms with E-state index in [-0.39, 0.29) is 23.7 Å². The van der Waals surface area contributed by atoms with Crippen molar-refractivity contribution in [3.8, 4) is 0 Å². The molecule has 1 aromatic carbocycles. The Balaban J connectivity index is 1.39. The van der Waals surface area contributed by atoms with Gasteiger partial charge in [0.1, 0.15) is 5.82 Å². The lowest BCUT2D eigenvalue weighted by atomic mass is 10.00. The van der Waals surface area contributed by atoms with Gasteiger partial charge in [0, 0.05) is 6.54 Å². The van der Waals surface area contributed by atoms with E-state index in [9.17, 15) is 9.59 Å². The number of nitrogens with one attached hydrogen (secondary N) is 3. The Morgan fingerprint density at radius 1 is 1.33 bits per heavy atom. The molecule has 3 heterocycles. The van der Waals surface area contributed by atoms with Crippen molar-refractivity contribution in [2.24, 2.45) is 5.92 Å². The molecule has 0 bridgehead atoms. The first-order chi connectivity index (χ1) is 13.2. The monoisotopic (exact) mass is 367 g/mol. The molecule has 1 atom stereocenters. The van der Waals surface area contributed by atoms with Gasteiger partial charge in [-0.15, -0.1) is 5.10 Å². The number of carbonyl (C=O) groups is 1. The second-order valence-electron chi connectivity index (χ2n) is 6.75. The number of nitrogens with zero attached hydrogens (tertiary/aromatic N) is 4. The van der Waals surface area contributed by atoms with Crippen LogP contribution in [0, 0.1) is 5.92 Å². The van der Waals surface area contributed by atoms with Crippen molar-refractivity contribution in [3.63, 3.8) is 0 Å². The Morgan fingerprint density at radius 3 is 3.07 bits per heavy atom. The number of H-pyrrole nitrogens is 1. The lowest BCUT2D eigenvalue weighted by Crippen LogP contribution is -2.32. The second-order valence-corrected chi connectivity index (χ2v) is 6.75. The molecule has 2 aromatic heterocycles. The summed E-state index contributed by atoms with van der Waals surface area (Å²) in [6.45, 7) is 2.87. The average molecular weight is 367 g/mol. The zero-order chi connectivity index (χ0) is 18.6. The van der Waals surface area contributed by atoms with Crippen LogP contribution in [0.2, 0.25) is 0 Å². The lowest BCUT2D eigenvalue weighted by Gasteiger charge is -2.22. The van der Waals surface area contributed by atoms with E-state index in [1.165, 1.54) is 0 Å². The largest absolute Gasteiger partial charge is 0.343 e. The van der Waals surface area contributed by atoms with Gasteiger partial charge < -0.3 is 15.6 Å². The fraction of sp³-hybridized carbons (Fsp3) is 0.389. The van der Waals surface area contributed by atoms with Gasteiger partial charge in [0.15, 0.2) is 5.69 Å². The molecule has 0 spiro atoms. The van der Waals surface area contributed by atoms with Gasteiger partial charge in [-0.1, -0.05) is 17.3 Å². The summed E-state index contributed by atoms with van der Waals surface area (Å²) in [6.07, 6.45) is 3.96. The van der Waals surface area contributed by atoms with E-state index in [0.717, 1.165) is 32.5 Å². The third kappa shape index (κ3) is 4.03. The fourth-order valence-electron chi connectivity index (χ4n) is 3.31. The summed E-state index contributed by atoms with van der Waals surface area (Å²) in [5.74, 6) is 0.551. The van der Waals surface area contributed by atoms with Crippen LogP contribution in [-0.2, 0) is 13.1 Å². The highest BCUT2D eigenvalue weighted by molar-refractivity contribution is 5.91. The predicted molar refractivity (Wildman–Crippen MR) is 99.1 cm³/mol. The van der Waals surface area contributed by atoms with Crippen LogP contribution in [0.15, 0.2) is 35.3 Å². The van der Waals surface area contributed by atoms with E-state index in [2.05, 4.69) is 30.9 Å². The van der Waals surface area contributed by atoms with Crippen molar-refractivity contribution >= 4 is 16.8 Å². The number of piperidine rings is 1. The van der Waals surface area contributed by atoms with Crippen molar-refractivity contribution in [3.05, 3.63) is 52.3 Å². The third-order valence-electron chi connectivity index (χ3n) is 4.69. The lowest BCUT2D eigenvalue weighted by molar-refractivity contribution is 0.0944. The van der Waals surface area contributed by atoms with Gasteiger partial charge in [-0.2, -0.15) is 0 Å². The van der Waals surface area contributed by atoms with Crippen LogP contribution in [-0.4, -0.2) is 44.0 Å². The van der Waals surface area contributed by atoms with E-state index < -0.39 is 0 Å². The summed E-state index contributed by atoms with van der Waals surface area (Å²) in [4.78, 5) is 31.4. The zero-order valence-electron chi connectivity index (χ0n) is 14.8. The number of hydrogen-bond acceptors (Lipinski definition) is 6. The average Bonchev–Trinajstić information content (AvgIpc) is 3.15. The highest BCUT2D eigenvalue weighted by Gasteiger charge is 2.16. The molecule has 9 heteroatoms. The van der Waals surface area contributed by atoms with E-state index >= 15 is 0 Å². The minimum atomic E-state index is -0.348. The molecule has 3 N–H and O–H groups in total. The summed E-state index contributed by atoms with van der Waals surface area (Å²) in [5.41, 5.74) is 0.622. The fourth-order valence-corrected chi connectivity index (χ4v) is 3.31. The molecule has 0 saturated carbocycles. The third-order valence-corrected chi connectivity index (χ3v) is 4.69. The molecule has 1 aliphatic rings. The zero-order valence-corrected chi connectivity index (χ0v) is 14.8. The second kappa shape index (κ2) is 7.67. The first kappa shape index (κ1) is 17.3. The van der Waals surface area contributed by atoms with Crippen LogP contribution < -0.4 is 16.2 Å². The topological polar surface area (TPSA) is 118 Å². The van der Waals surface area contributed by atoms with Crippen LogP contribution in [0.5, 0.6) is 0 Å². The Labute approximate surface area is 155 Å². The van der Waals surface area contributed by atoms with Gasteiger partial charge in [-0.25, -0.2) is 4.98 Å². The number of benzene rings is 1. The number of hydrogen-bond donors (Lipinski definition) is 3. The normalized spacial score (nSPS) is 17.1. The van der Waals surface area contributed by atoms with Crippen LogP contribution >= 0.6 is 0 Å². The van der Waals surface area contributed by atoms with Crippen LogP contribution in [0.25, 0.3) is 10.9 Å². The van der Waals surface area contributed by atoms with Gasteiger partial charge in [-0.05, 0) is 44.0 Å². The molecule has 0 radical (unpaired) electrons. The number of aromatic amines is 1. The minimum Gasteiger partial charge on any atom is -0.343 e. The summed E-state index contributed by atoms with van der Waals surface area (Å²) in [6, 6.07) is 7.08. The smallest absolute Gasteiger partial charge is 0.273 e. The highest BCUT2D eigenvalue weighted by atomic mass is 16.2. The number of para-hydroxylation sites is 1. The van der Waals surface area contributed by atoms with Crippen molar-refractivity contribution in [1.29, 1.82) is 0 Å². The van der Waals surface area contributed by atoms with E-state index in [1.807, 2.05) is 6.07 Å². The molecule has 140 valence electrons. The quantitative estimate of drug-likeness (QED) is 0.602. The Morgan fingerprint density at radius 2 is 2.22 bits per heavy atom. The minimum absolute atomic E-state index is 0.109. The maximum atomic E-state index is 12.3. The first-order valence-electron chi connectivity index (χ1n) is 9.06. The molecule has 0 unspecified atom stereocenters. The number of fused-ring (bicyclic) bond motifs is 1. The van der Waals surface area contributed by atoms with Crippen LogP contribution in [0.3, 0.4) is 0 Å². The van der Waals surface area contributed by atoms with Gasteiger partial charge in [0.05, 0.1) is 23.6 Å². The summed E-state index contributed by atoms with van der Waals surface area (Å²) < 4.78 is 1.71. The molecule has 1 amide bonds. The highest BCUT2D eigenvalue weighted by Crippen LogP contribution is 2.12. The summed E-state index contributed by atoms with van der Waals surface area (Å²) >= 11 is 0. The van der Waals surface area contributed by atoms with Crippen molar-refractivity contribution in [1.82, 2.24) is 35.6 Å². The van der Waals surface area contributed by atoms with Gasteiger partial charge in [0.2, 0.25) is 0 Å². The standard InChI is InChI=1S/C18H21N7O2/c26-17-13-5-1-2-6-14(13)21-16(22-17)9-20-18(27)15-11-25(24-23-15)10-12-4-3-7-19-8-12/h1-2,5-6,11-12,19H,3-4,7-10H2,(H,20,27)(H,21,22,26)/t12-/m0/s1. The van der Waals surface area contributed by atoms with Gasteiger partial charge >= 0.3 is 0 Å². The molecule has 1 saturated heterocycles. The Bertz CT molecular complexity index is 1000. The van der Waals surface area contributed by atoms with E-state index in [1.54, 1.807) is 29.1 Å². The Hall–Kier alpha value is -3.07. The van der Waals surface area contributed by atoms with Crippen molar-refractivity contribution in [2.75, 3.05) is 13.1 Å². The number of carbonyl (C=O) groups excluding carboxylic acids is 1. The molecule has 9 nitrogen and oxygen atoms in total. The van der Waals surface area contributed by atoms with Crippen molar-refractivity contribution in [2.45, 2.75) is 25.9 Å². The molecule has 4 rings (SSSR count). The number of rotatable bonds is 5. The molecular formula is C18H21N7O2. The van der Waals surface area contributed by atoms with Gasteiger partial charge in [-0.3, -0.25) is 14.3 Å². The van der Waals surface area contributed by atoms with Crippen LogP contribution in [0.1, 0.15) is 29.2 Å².